The lowest BCUT2D eigenvalue weighted by Gasteiger charge is -2.26. The Morgan fingerprint density at radius 1 is 0.667 bits per heavy atom. The molecule has 9 nitrogen and oxygen atoms in total. The first kappa shape index (κ1) is 31.1. The molecule has 0 saturated carbocycles. The molecule has 6 rings (SSSR count). The molecular weight excluding hydrogens is 582 g/mol. The van der Waals surface area contributed by atoms with Crippen LogP contribution in [0.3, 0.4) is 0 Å². The summed E-state index contributed by atoms with van der Waals surface area (Å²) in [5.74, 6) is 0.0566. The SMILES string of the molecule is O=C(CCN1CCNCC1)Nc1ccc(-c2cc(-c3cccs3)cc(-c3ccc(NC(=O)CCN4CCNCC4)cc3)n2)cc1. The Kier molecular flexibility index (Phi) is 10.6. The Morgan fingerprint density at radius 2 is 1.13 bits per heavy atom. The minimum absolute atomic E-state index is 0.0283. The van der Waals surface area contributed by atoms with Gasteiger partial charge in [0.2, 0.25) is 11.8 Å². The zero-order chi connectivity index (χ0) is 30.8. The van der Waals surface area contributed by atoms with Crippen LogP contribution >= 0.6 is 11.3 Å². The average Bonchev–Trinajstić information content (AvgIpc) is 3.64. The van der Waals surface area contributed by atoms with Crippen LogP contribution in [0.1, 0.15) is 12.8 Å². The first-order valence-corrected chi connectivity index (χ1v) is 16.7. The molecule has 2 aliphatic rings. The van der Waals surface area contributed by atoms with Crippen molar-refractivity contribution >= 4 is 34.5 Å². The number of hydrogen-bond acceptors (Lipinski definition) is 8. The second-order valence-corrected chi connectivity index (χ2v) is 12.5. The number of carbonyl (C=O) groups is 2. The molecule has 234 valence electrons. The number of amides is 2. The van der Waals surface area contributed by atoms with Crippen LogP contribution < -0.4 is 21.3 Å². The van der Waals surface area contributed by atoms with Gasteiger partial charge in [-0.05, 0) is 53.4 Å². The number of nitrogens with zero attached hydrogens (tertiary/aromatic N) is 3. The van der Waals surface area contributed by atoms with Crippen molar-refractivity contribution in [1.29, 1.82) is 0 Å². The highest BCUT2D eigenvalue weighted by Crippen LogP contribution is 2.33. The van der Waals surface area contributed by atoms with Crippen molar-refractivity contribution in [3.63, 3.8) is 0 Å². The van der Waals surface area contributed by atoms with Crippen LogP contribution in [0.2, 0.25) is 0 Å². The lowest BCUT2D eigenvalue weighted by Crippen LogP contribution is -2.44. The standard InChI is InChI=1S/C35H41N7O2S/c43-34(11-17-41-19-13-36-14-20-41)38-29-7-3-26(4-8-29)31-24-28(33-2-1-23-45-33)25-32(40-31)27-5-9-30(10-6-27)39-35(44)12-18-42-21-15-37-16-22-42/h1-10,23-25,36-37H,11-22H2,(H,38,43)(H,39,44). The molecule has 2 aromatic heterocycles. The lowest BCUT2D eigenvalue weighted by atomic mass is 10.0. The molecule has 2 amide bonds. The van der Waals surface area contributed by atoms with Gasteiger partial charge in [0.25, 0.3) is 0 Å². The Bertz CT molecular complexity index is 1450. The molecule has 2 saturated heterocycles. The zero-order valence-electron chi connectivity index (χ0n) is 25.6. The summed E-state index contributed by atoms with van der Waals surface area (Å²) in [6.07, 6.45) is 0.961. The van der Waals surface area contributed by atoms with Crippen LogP contribution in [0.15, 0.2) is 78.2 Å². The van der Waals surface area contributed by atoms with Crippen LogP contribution in [-0.4, -0.2) is 92.0 Å². The number of anilines is 2. The fourth-order valence-corrected chi connectivity index (χ4v) is 6.41. The molecule has 0 aliphatic carbocycles. The van der Waals surface area contributed by atoms with E-state index in [0.717, 1.165) is 105 Å². The lowest BCUT2D eigenvalue weighted by molar-refractivity contribution is -0.117. The van der Waals surface area contributed by atoms with Gasteiger partial charge < -0.3 is 31.1 Å². The predicted octanol–water partition coefficient (Wildman–Crippen LogP) is 4.61. The Balaban J connectivity index is 1.12. The van der Waals surface area contributed by atoms with Crippen LogP contribution in [0, 0.1) is 0 Å². The third-order valence-corrected chi connectivity index (χ3v) is 9.21. The largest absolute Gasteiger partial charge is 0.326 e. The Morgan fingerprint density at radius 3 is 1.56 bits per heavy atom. The minimum Gasteiger partial charge on any atom is -0.326 e. The van der Waals surface area contributed by atoms with Crippen LogP contribution in [0.25, 0.3) is 33.0 Å². The maximum absolute atomic E-state index is 12.6. The van der Waals surface area contributed by atoms with E-state index < -0.39 is 0 Å². The van der Waals surface area contributed by atoms with E-state index in [1.165, 1.54) is 4.88 Å². The smallest absolute Gasteiger partial charge is 0.225 e. The van der Waals surface area contributed by atoms with Crippen LogP contribution in [-0.2, 0) is 9.59 Å². The average molecular weight is 624 g/mol. The van der Waals surface area contributed by atoms with Crippen molar-refractivity contribution in [1.82, 2.24) is 25.4 Å². The maximum atomic E-state index is 12.6. The molecule has 4 aromatic rings. The molecule has 2 fully saturated rings. The number of hydrogen-bond donors (Lipinski definition) is 4. The zero-order valence-corrected chi connectivity index (χ0v) is 26.4. The summed E-state index contributed by atoms with van der Waals surface area (Å²) in [5, 5.41) is 14.8. The maximum Gasteiger partial charge on any atom is 0.225 e. The molecule has 0 radical (unpaired) electrons. The number of benzene rings is 2. The van der Waals surface area contributed by atoms with Gasteiger partial charge in [0.1, 0.15) is 0 Å². The third kappa shape index (κ3) is 8.84. The summed E-state index contributed by atoms with van der Waals surface area (Å²) >= 11 is 1.70. The number of pyridine rings is 1. The fourth-order valence-electron chi connectivity index (χ4n) is 5.70. The number of piperazine rings is 2. The highest BCUT2D eigenvalue weighted by atomic mass is 32.1. The first-order valence-electron chi connectivity index (χ1n) is 15.8. The number of nitrogens with one attached hydrogen (secondary N) is 4. The van der Waals surface area contributed by atoms with Crippen LogP contribution in [0.5, 0.6) is 0 Å². The van der Waals surface area contributed by atoms with Gasteiger partial charge in [0, 0.05) is 106 Å². The predicted molar refractivity (Wildman–Crippen MR) is 184 cm³/mol. The normalized spacial score (nSPS) is 15.9. The van der Waals surface area contributed by atoms with Crippen molar-refractivity contribution in [2.45, 2.75) is 12.8 Å². The van der Waals surface area contributed by atoms with E-state index in [0.29, 0.717) is 12.8 Å². The van der Waals surface area contributed by atoms with E-state index in [2.05, 4.69) is 60.7 Å². The van der Waals surface area contributed by atoms with Crippen molar-refractivity contribution in [2.75, 3.05) is 76.1 Å². The molecule has 2 aromatic carbocycles. The van der Waals surface area contributed by atoms with Crippen molar-refractivity contribution in [3.05, 3.63) is 78.2 Å². The van der Waals surface area contributed by atoms with Crippen molar-refractivity contribution in [3.8, 4) is 33.0 Å². The third-order valence-electron chi connectivity index (χ3n) is 8.29. The van der Waals surface area contributed by atoms with Crippen molar-refractivity contribution in [2.24, 2.45) is 0 Å². The summed E-state index contributed by atoms with van der Waals surface area (Å²) in [7, 11) is 0. The highest BCUT2D eigenvalue weighted by molar-refractivity contribution is 7.13. The van der Waals surface area contributed by atoms with Gasteiger partial charge in [-0.15, -0.1) is 11.3 Å². The summed E-state index contributed by atoms with van der Waals surface area (Å²) in [4.78, 5) is 36.0. The summed E-state index contributed by atoms with van der Waals surface area (Å²) < 4.78 is 0. The van der Waals surface area contributed by atoms with E-state index in [-0.39, 0.29) is 11.8 Å². The molecule has 0 bridgehead atoms. The second-order valence-electron chi connectivity index (χ2n) is 11.5. The topological polar surface area (TPSA) is 102 Å². The molecule has 0 unspecified atom stereocenters. The van der Waals surface area contributed by atoms with Gasteiger partial charge in [-0.25, -0.2) is 4.98 Å². The molecular formula is C35H41N7O2S. The van der Waals surface area contributed by atoms with Gasteiger partial charge in [-0.2, -0.15) is 0 Å². The molecule has 0 spiro atoms. The molecule has 4 N–H and O–H groups in total. The molecule has 4 heterocycles. The number of aromatic nitrogens is 1. The molecule has 10 heteroatoms. The quantitative estimate of drug-likeness (QED) is 0.194. The summed E-state index contributed by atoms with van der Waals surface area (Å²) in [6.45, 7) is 9.41. The Labute approximate surface area is 269 Å². The monoisotopic (exact) mass is 623 g/mol. The number of rotatable bonds is 11. The Hall–Kier alpha value is -3.93. The van der Waals surface area contributed by atoms with Crippen LogP contribution in [0.4, 0.5) is 11.4 Å². The molecule has 45 heavy (non-hydrogen) atoms. The van der Waals surface area contributed by atoms with E-state index in [4.69, 9.17) is 4.98 Å². The summed E-state index contributed by atoms with van der Waals surface area (Å²) in [5.41, 5.74) is 6.33. The summed E-state index contributed by atoms with van der Waals surface area (Å²) in [6, 6.07) is 24.2. The fraction of sp³-hybridized carbons (Fsp3) is 0.343. The minimum atomic E-state index is 0.0283. The molecule has 2 aliphatic heterocycles. The van der Waals surface area contributed by atoms with E-state index >= 15 is 0 Å². The van der Waals surface area contributed by atoms with Gasteiger partial charge in [0.05, 0.1) is 11.4 Å². The second kappa shape index (κ2) is 15.4. The van der Waals surface area contributed by atoms with Gasteiger partial charge in [0.15, 0.2) is 0 Å². The van der Waals surface area contributed by atoms with E-state index in [1.54, 1.807) is 11.3 Å². The highest BCUT2D eigenvalue weighted by Gasteiger charge is 2.14. The van der Waals surface area contributed by atoms with E-state index in [1.807, 2.05) is 48.5 Å². The van der Waals surface area contributed by atoms with E-state index in [9.17, 15) is 9.59 Å². The number of thiophene rings is 1. The van der Waals surface area contributed by atoms with Gasteiger partial charge in [-0.1, -0.05) is 30.3 Å². The molecule has 0 atom stereocenters. The van der Waals surface area contributed by atoms with Crippen molar-refractivity contribution < 1.29 is 9.59 Å². The van der Waals surface area contributed by atoms with Gasteiger partial charge in [-0.3, -0.25) is 9.59 Å². The number of carbonyl (C=O) groups excluding carboxylic acids is 2. The first-order chi connectivity index (χ1) is 22.1. The van der Waals surface area contributed by atoms with Gasteiger partial charge >= 0.3 is 0 Å².